The second kappa shape index (κ2) is 4.96. The molecule has 1 saturated carbocycles. The Balaban J connectivity index is 2.06. The molecular weight excluding hydrogens is 218 g/mol. The lowest BCUT2D eigenvalue weighted by Gasteiger charge is -2.26. The highest BCUT2D eigenvalue weighted by atomic mass is 16.5. The van der Waals surface area contributed by atoms with E-state index in [1.165, 1.54) is 0 Å². The van der Waals surface area contributed by atoms with Crippen LogP contribution in [0.3, 0.4) is 0 Å². The van der Waals surface area contributed by atoms with Gasteiger partial charge in [-0.25, -0.2) is 0 Å². The van der Waals surface area contributed by atoms with Crippen molar-refractivity contribution in [1.29, 1.82) is 0 Å². The van der Waals surface area contributed by atoms with Gasteiger partial charge in [0, 0.05) is 19.9 Å². The van der Waals surface area contributed by atoms with Crippen molar-refractivity contribution in [3.8, 4) is 0 Å². The molecule has 1 aromatic rings. The summed E-state index contributed by atoms with van der Waals surface area (Å²) in [5.41, 5.74) is 0.176. The molecule has 0 bridgehead atoms. The minimum atomic E-state index is -0.549. The van der Waals surface area contributed by atoms with Crippen molar-refractivity contribution in [1.82, 2.24) is 15.0 Å². The van der Waals surface area contributed by atoms with Gasteiger partial charge >= 0.3 is 0 Å². The van der Waals surface area contributed by atoms with Gasteiger partial charge in [-0.15, -0.1) is 5.10 Å². The molecule has 0 N–H and O–H groups in total. The lowest BCUT2D eigenvalue weighted by molar-refractivity contribution is -0.142. The number of rotatable bonds is 5. The summed E-state index contributed by atoms with van der Waals surface area (Å²) in [6, 6.07) is 0. The van der Waals surface area contributed by atoms with Crippen molar-refractivity contribution in [2.45, 2.75) is 44.6 Å². The van der Waals surface area contributed by atoms with E-state index >= 15 is 0 Å². The highest BCUT2D eigenvalue weighted by molar-refractivity contribution is 5.89. The molecule has 5 nitrogen and oxygen atoms in total. The van der Waals surface area contributed by atoms with E-state index in [4.69, 9.17) is 4.74 Å². The van der Waals surface area contributed by atoms with Gasteiger partial charge in [-0.05, 0) is 32.6 Å². The Labute approximate surface area is 101 Å². The Morgan fingerprint density at radius 1 is 1.53 bits per heavy atom. The van der Waals surface area contributed by atoms with E-state index in [2.05, 4.69) is 10.3 Å². The molecule has 94 valence electrons. The standard InChI is InChI=1S/C12H19N3O2/c1-3-17-12(6-4-5-7-12)11(16)8-10-9-15(2)14-13-10/h9H,3-8H2,1-2H3. The van der Waals surface area contributed by atoms with E-state index in [9.17, 15) is 4.79 Å². The average Bonchev–Trinajstić information content (AvgIpc) is 2.89. The SMILES string of the molecule is CCOC1(C(=O)Cc2cn(C)nn2)CCCC1. The van der Waals surface area contributed by atoms with Crippen LogP contribution in [0.4, 0.5) is 0 Å². The lowest BCUT2D eigenvalue weighted by Crippen LogP contribution is -2.40. The summed E-state index contributed by atoms with van der Waals surface area (Å²) in [5, 5.41) is 7.79. The summed E-state index contributed by atoms with van der Waals surface area (Å²) in [6.07, 6.45) is 5.96. The van der Waals surface area contributed by atoms with Crippen LogP contribution < -0.4 is 0 Å². The zero-order valence-corrected chi connectivity index (χ0v) is 10.5. The molecule has 1 fully saturated rings. The van der Waals surface area contributed by atoms with Crippen LogP contribution in [0.1, 0.15) is 38.3 Å². The first kappa shape index (κ1) is 12.2. The summed E-state index contributed by atoms with van der Waals surface area (Å²) in [4.78, 5) is 12.3. The molecule has 0 radical (unpaired) electrons. The number of carbonyl (C=O) groups is 1. The van der Waals surface area contributed by atoms with Crippen molar-refractivity contribution in [2.24, 2.45) is 7.05 Å². The van der Waals surface area contributed by atoms with Gasteiger partial charge in [-0.2, -0.15) is 0 Å². The first-order valence-electron chi connectivity index (χ1n) is 6.19. The molecule has 2 rings (SSSR count). The molecule has 17 heavy (non-hydrogen) atoms. The molecule has 1 aliphatic rings. The van der Waals surface area contributed by atoms with Gasteiger partial charge in [0.2, 0.25) is 0 Å². The quantitative estimate of drug-likeness (QED) is 0.774. The molecule has 1 heterocycles. The first-order chi connectivity index (χ1) is 8.16. The minimum absolute atomic E-state index is 0.150. The topological polar surface area (TPSA) is 57.0 Å². The molecule has 1 aliphatic carbocycles. The second-order valence-electron chi connectivity index (χ2n) is 4.62. The predicted molar refractivity (Wildman–Crippen MR) is 62.5 cm³/mol. The van der Waals surface area contributed by atoms with Crippen LogP contribution in [0.25, 0.3) is 0 Å². The van der Waals surface area contributed by atoms with E-state index in [1.54, 1.807) is 17.9 Å². The maximum Gasteiger partial charge on any atom is 0.170 e. The summed E-state index contributed by atoms with van der Waals surface area (Å²) in [7, 11) is 1.80. The average molecular weight is 237 g/mol. The van der Waals surface area contributed by atoms with Crippen molar-refractivity contribution >= 4 is 5.78 Å². The summed E-state index contributed by atoms with van der Waals surface area (Å²) in [5.74, 6) is 0.150. The number of Topliss-reactive ketones (excluding diaryl/α,β-unsaturated/α-hetero) is 1. The fourth-order valence-electron chi connectivity index (χ4n) is 2.53. The Morgan fingerprint density at radius 3 is 2.76 bits per heavy atom. The smallest absolute Gasteiger partial charge is 0.170 e. The van der Waals surface area contributed by atoms with Crippen molar-refractivity contribution in [3.05, 3.63) is 11.9 Å². The molecule has 5 heteroatoms. The van der Waals surface area contributed by atoms with Crippen LogP contribution >= 0.6 is 0 Å². The second-order valence-corrected chi connectivity index (χ2v) is 4.62. The van der Waals surface area contributed by atoms with Gasteiger partial charge in [0.25, 0.3) is 0 Å². The minimum Gasteiger partial charge on any atom is -0.367 e. The van der Waals surface area contributed by atoms with Crippen LogP contribution in [0, 0.1) is 0 Å². The van der Waals surface area contributed by atoms with E-state index in [0.29, 0.717) is 13.0 Å². The number of hydrogen-bond acceptors (Lipinski definition) is 4. The van der Waals surface area contributed by atoms with E-state index in [1.807, 2.05) is 6.92 Å². The molecule has 0 saturated heterocycles. The van der Waals surface area contributed by atoms with Crippen LogP contribution in [0.15, 0.2) is 6.20 Å². The van der Waals surface area contributed by atoms with E-state index < -0.39 is 5.60 Å². The van der Waals surface area contributed by atoms with Crippen LogP contribution in [0.5, 0.6) is 0 Å². The maximum absolute atomic E-state index is 12.3. The number of aromatic nitrogens is 3. The Bertz CT molecular complexity index is 394. The zero-order chi connectivity index (χ0) is 12.3. The Morgan fingerprint density at radius 2 is 2.24 bits per heavy atom. The molecule has 0 aromatic carbocycles. The van der Waals surface area contributed by atoms with Crippen LogP contribution in [0.2, 0.25) is 0 Å². The Hall–Kier alpha value is -1.23. The van der Waals surface area contributed by atoms with Gasteiger partial charge < -0.3 is 4.74 Å². The van der Waals surface area contributed by atoms with Gasteiger partial charge in [0.15, 0.2) is 5.78 Å². The number of ketones is 1. The third kappa shape index (κ3) is 2.54. The van der Waals surface area contributed by atoms with Crippen LogP contribution in [-0.4, -0.2) is 33.0 Å². The van der Waals surface area contributed by atoms with Crippen LogP contribution in [-0.2, 0) is 23.0 Å². The summed E-state index contributed by atoms with van der Waals surface area (Å²) >= 11 is 0. The molecule has 0 aliphatic heterocycles. The number of hydrogen-bond donors (Lipinski definition) is 0. The summed E-state index contributed by atoms with van der Waals surface area (Å²) < 4.78 is 7.34. The molecule has 0 unspecified atom stereocenters. The predicted octanol–water partition coefficient (Wildman–Crippen LogP) is 1.28. The van der Waals surface area contributed by atoms with Gasteiger partial charge in [0.05, 0.1) is 12.1 Å². The number of ether oxygens (including phenoxy) is 1. The van der Waals surface area contributed by atoms with Crippen molar-refractivity contribution in [2.75, 3.05) is 6.61 Å². The van der Waals surface area contributed by atoms with Crippen molar-refractivity contribution in [3.63, 3.8) is 0 Å². The zero-order valence-electron chi connectivity index (χ0n) is 10.5. The van der Waals surface area contributed by atoms with Gasteiger partial charge in [-0.3, -0.25) is 9.48 Å². The molecule has 1 aromatic heterocycles. The highest BCUT2D eigenvalue weighted by Gasteiger charge is 2.41. The number of aryl methyl sites for hydroxylation is 1. The maximum atomic E-state index is 12.3. The molecular formula is C12H19N3O2. The van der Waals surface area contributed by atoms with Gasteiger partial charge in [-0.1, -0.05) is 5.21 Å². The van der Waals surface area contributed by atoms with Gasteiger partial charge in [0.1, 0.15) is 5.60 Å². The first-order valence-corrected chi connectivity index (χ1v) is 6.19. The lowest BCUT2D eigenvalue weighted by atomic mass is 9.93. The molecule has 0 amide bonds. The fraction of sp³-hybridized carbons (Fsp3) is 0.750. The summed E-state index contributed by atoms with van der Waals surface area (Å²) in [6.45, 7) is 2.53. The fourth-order valence-corrected chi connectivity index (χ4v) is 2.53. The van der Waals surface area contributed by atoms with E-state index in [0.717, 1.165) is 31.4 Å². The third-order valence-corrected chi connectivity index (χ3v) is 3.33. The highest BCUT2D eigenvalue weighted by Crippen LogP contribution is 2.34. The van der Waals surface area contributed by atoms with Crippen molar-refractivity contribution < 1.29 is 9.53 Å². The normalized spacial score (nSPS) is 18.5. The molecule has 0 spiro atoms. The Kier molecular flexibility index (Phi) is 3.57. The molecule has 0 atom stereocenters. The largest absolute Gasteiger partial charge is 0.367 e. The van der Waals surface area contributed by atoms with E-state index in [-0.39, 0.29) is 5.78 Å². The third-order valence-electron chi connectivity index (χ3n) is 3.33. The number of carbonyl (C=O) groups excluding carboxylic acids is 1. The monoisotopic (exact) mass is 237 g/mol. The number of nitrogens with zero attached hydrogens (tertiary/aromatic N) is 3.